The number of aryl methyl sites for hydroxylation is 1. The number of rotatable bonds is 5. The van der Waals surface area contributed by atoms with Gasteiger partial charge in [-0.15, -0.1) is 0 Å². The fraction of sp³-hybridized carbons (Fsp3) is 0.579. The second-order valence-corrected chi connectivity index (χ2v) is 7.50. The number of nitrogens with one attached hydrogen (secondary N) is 2. The van der Waals surface area contributed by atoms with E-state index in [1.807, 2.05) is 0 Å². The standard InChI is InChI=1S/C19H24N4O4/c1-3-27-19(26)11-6-7-12(8-11)20-17(24)13-9-14(10-4-5-10)21-16-15(13)18(25)22-23(16)2/h9-12H,3-8H2,1-2H3,(H,20,24)(H,22,25)/t11-,12+/m1/s1. The van der Waals surface area contributed by atoms with Gasteiger partial charge in [-0.2, -0.15) is 0 Å². The van der Waals surface area contributed by atoms with E-state index >= 15 is 0 Å². The summed E-state index contributed by atoms with van der Waals surface area (Å²) < 4.78 is 6.64. The van der Waals surface area contributed by atoms with Crippen LogP contribution in [0.25, 0.3) is 11.0 Å². The zero-order valence-corrected chi connectivity index (χ0v) is 15.6. The molecule has 2 aliphatic carbocycles. The quantitative estimate of drug-likeness (QED) is 0.776. The average molecular weight is 372 g/mol. The van der Waals surface area contributed by atoms with E-state index in [9.17, 15) is 14.4 Å². The molecule has 144 valence electrons. The first-order valence-corrected chi connectivity index (χ1v) is 9.55. The molecule has 8 heteroatoms. The number of aromatic amines is 1. The van der Waals surface area contributed by atoms with Crippen LogP contribution < -0.4 is 10.9 Å². The lowest BCUT2D eigenvalue weighted by Gasteiger charge is -2.14. The Morgan fingerprint density at radius 1 is 1.33 bits per heavy atom. The summed E-state index contributed by atoms with van der Waals surface area (Å²) in [6.07, 6.45) is 4.11. The van der Waals surface area contributed by atoms with Gasteiger partial charge < -0.3 is 10.1 Å². The van der Waals surface area contributed by atoms with E-state index in [2.05, 4.69) is 15.4 Å². The second-order valence-electron chi connectivity index (χ2n) is 7.50. The highest BCUT2D eigenvalue weighted by Crippen LogP contribution is 2.40. The molecule has 0 radical (unpaired) electrons. The van der Waals surface area contributed by atoms with E-state index < -0.39 is 0 Å². The second kappa shape index (κ2) is 6.83. The van der Waals surface area contributed by atoms with Crippen molar-refractivity contribution in [1.29, 1.82) is 0 Å². The molecular weight excluding hydrogens is 348 g/mol. The topological polar surface area (TPSA) is 106 Å². The zero-order valence-electron chi connectivity index (χ0n) is 15.6. The van der Waals surface area contributed by atoms with Gasteiger partial charge in [-0.25, -0.2) is 4.98 Å². The Morgan fingerprint density at radius 3 is 2.81 bits per heavy atom. The summed E-state index contributed by atoms with van der Waals surface area (Å²) in [4.78, 5) is 41.8. The molecule has 0 unspecified atom stereocenters. The van der Waals surface area contributed by atoms with Gasteiger partial charge in [0.05, 0.1) is 23.5 Å². The zero-order chi connectivity index (χ0) is 19.1. The lowest BCUT2D eigenvalue weighted by Crippen LogP contribution is -2.34. The minimum atomic E-state index is -0.316. The number of nitrogens with zero attached hydrogens (tertiary/aromatic N) is 2. The maximum atomic E-state index is 13.0. The number of amides is 1. The fourth-order valence-electron chi connectivity index (χ4n) is 3.90. The van der Waals surface area contributed by atoms with Crippen LogP contribution >= 0.6 is 0 Å². The van der Waals surface area contributed by atoms with E-state index in [0.717, 1.165) is 25.0 Å². The first-order chi connectivity index (χ1) is 13.0. The number of pyridine rings is 1. The Balaban J connectivity index is 1.58. The predicted molar refractivity (Wildman–Crippen MR) is 98.5 cm³/mol. The van der Waals surface area contributed by atoms with Crippen LogP contribution in [0, 0.1) is 5.92 Å². The van der Waals surface area contributed by atoms with Crippen molar-refractivity contribution in [3.8, 4) is 0 Å². The Hall–Kier alpha value is -2.64. The third-order valence-electron chi connectivity index (χ3n) is 5.46. The number of hydrogen-bond acceptors (Lipinski definition) is 5. The maximum absolute atomic E-state index is 13.0. The monoisotopic (exact) mass is 372 g/mol. The molecule has 2 aromatic rings. The van der Waals surface area contributed by atoms with E-state index in [-0.39, 0.29) is 29.4 Å². The van der Waals surface area contributed by atoms with Crippen molar-refractivity contribution in [2.45, 2.75) is 51.0 Å². The van der Waals surface area contributed by atoms with E-state index in [1.165, 1.54) is 0 Å². The van der Waals surface area contributed by atoms with Gasteiger partial charge in [-0.3, -0.25) is 24.2 Å². The third kappa shape index (κ3) is 3.36. The molecule has 0 bridgehead atoms. The summed E-state index contributed by atoms with van der Waals surface area (Å²) in [5.74, 6) is -0.285. The van der Waals surface area contributed by atoms with Crippen LogP contribution in [-0.4, -0.2) is 39.3 Å². The van der Waals surface area contributed by atoms with Gasteiger partial charge >= 0.3 is 5.97 Å². The minimum absolute atomic E-state index is 0.0951. The first kappa shape index (κ1) is 17.8. The molecule has 2 aliphatic rings. The van der Waals surface area contributed by atoms with Crippen molar-refractivity contribution in [2.75, 3.05) is 6.61 Å². The third-order valence-corrected chi connectivity index (χ3v) is 5.46. The molecule has 0 aliphatic heterocycles. The van der Waals surface area contributed by atoms with Gasteiger partial charge in [0.1, 0.15) is 0 Å². The molecular formula is C19H24N4O4. The highest BCUT2D eigenvalue weighted by Gasteiger charge is 2.33. The molecule has 0 spiro atoms. The Kier molecular flexibility index (Phi) is 4.49. The maximum Gasteiger partial charge on any atom is 0.308 e. The molecule has 1 amide bonds. The van der Waals surface area contributed by atoms with Crippen LogP contribution in [0.5, 0.6) is 0 Å². The number of carbonyl (C=O) groups excluding carboxylic acids is 2. The van der Waals surface area contributed by atoms with Crippen molar-refractivity contribution in [2.24, 2.45) is 13.0 Å². The highest BCUT2D eigenvalue weighted by molar-refractivity contribution is 6.05. The van der Waals surface area contributed by atoms with Crippen molar-refractivity contribution in [1.82, 2.24) is 20.1 Å². The van der Waals surface area contributed by atoms with Gasteiger partial charge in [-0.05, 0) is 45.1 Å². The lowest BCUT2D eigenvalue weighted by molar-refractivity contribution is -0.147. The molecule has 27 heavy (non-hydrogen) atoms. The molecule has 0 saturated heterocycles. The molecule has 2 saturated carbocycles. The van der Waals surface area contributed by atoms with Crippen molar-refractivity contribution >= 4 is 22.9 Å². The summed E-state index contributed by atoms with van der Waals surface area (Å²) in [6.45, 7) is 2.15. The number of carbonyl (C=O) groups is 2. The normalized spacial score (nSPS) is 22.1. The summed E-state index contributed by atoms with van der Waals surface area (Å²) in [5.41, 5.74) is 1.41. The van der Waals surface area contributed by atoms with E-state index in [4.69, 9.17) is 4.74 Å². The largest absolute Gasteiger partial charge is 0.466 e. The van der Waals surface area contributed by atoms with Crippen LogP contribution in [0.4, 0.5) is 0 Å². The summed E-state index contributed by atoms with van der Waals surface area (Å²) in [6, 6.07) is 1.66. The summed E-state index contributed by atoms with van der Waals surface area (Å²) >= 11 is 0. The molecule has 2 heterocycles. The minimum Gasteiger partial charge on any atom is -0.466 e. The first-order valence-electron chi connectivity index (χ1n) is 9.55. The number of hydrogen-bond donors (Lipinski definition) is 2. The number of H-pyrrole nitrogens is 1. The molecule has 2 atom stereocenters. The van der Waals surface area contributed by atoms with Gasteiger partial charge in [0.15, 0.2) is 5.65 Å². The SMILES string of the molecule is CCOC(=O)[C@@H]1CC[C@H](NC(=O)c2cc(C3CC3)nc3c2c(=O)[nH]n3C)C1. The molecule has 4 rings (SSSR count). The van der Waals surface area contributed by atoms with E-state index in [0.29, 0.717) is 42.0 Å². The van der Waals surface area contributed by atoms with Crippen LogP contribution in [-0.2, 0) is 16.6 Å². The van der Waals surface area contributed by atoms with Gasteiger partial charge in [0.2, 0.25) is 0 Å². The number of aromatic nitrogens is 3. The van der Waals surface area contributed by atoms with Crippen LogP contribution in [0.15, 0.2) is 10.9 Å². The lowest BCUT2D eigenvalue weighted by atomic mass is 10.1. The summed E-state index contributed by atoms with van der Waals surface area (Å²) in [7, 11) is 1.72. The molecule has 2 aromatic heterocycles. The highest BCUT2D eigenvalue weighted by atomic mass is 16.5. The van der Waals surface area contributed by atoms with Crippen molar-refractivity contribution in [3.05, 3.63) is 27.7 Å². The molecule has 2 N–H and O–H groups in total. The van der Waals surface area contributed by atoms with Gasteiger partial charge in [0.25, 0.3) is 11.5 Å². The number of fused-ring (bicyclic) bond motifs is 1. The molecule has 2 fully saturated rings. The Morgan fingerprint density at radius 2 is 2.11 bits per heavy atom. The van der Waals surface area contributed by atoms with Crippen molar-refractivity contribution < 1.29 is 14.3 Å². The van der Waals surface area contributed by atoms with Crippen LogP contribution in [0.2, 0.25) is 0 Å². The van der Waals surface area contributed by atoms with Gasteiger partial charge in [-0.1, -0.05) is 0 Å². The van der Waals surface area contributed by atoms with Crippen LogP contribution in [0.1, 0.15) is 61.0 Å². The Bertz CT molecular complexity index is 957. The smallest absolute Gasteiger partial charge is 0.308 e. The summed E-state index contributed by atoms with van der Waals surface area (Å²) in [5, 5.41) is 6.00. The predicted octanol–water partition coefficient (Wildman–Crippen LogP) is 1.60. The Labute approximate surface area is 156 Å². The van der Waals surface area contributed by atoms with Crippen LogP contribution in [0.3, 0.4) is 0 Å². The average Bonchev–Trinajstić information content (AvgIpc) is 3.32. The van der Waals surface area contributed by atoms with Crippen molar-refractivity contribution in [3.63, 3.8) is 0 Å². The van der Waals surface area contributed by atoms with Gasteiger partial charge in [0, 0.05) is 24.7 Å². The number of ether oxygens (including phenoxy) is 1. The fourth-order valence-corrected chi connectivity index (χ4v) is 3.90. The number of esters is 1. The molecule has 8 nitrogen and oxygen atoms in total. The van der Waals surface area contributed by atoms with E-state index in [1.54, 1.807) is 24.7 Å². The molecule has 0 aromatic carbocycles.